The molecular weight excluding hydrogens is 291 g/mol. The molecule has 0 aliphatic heterocycles. The molecule has 1 aliphatic rings. The second kappa shape index (κ2) is 8.29. The van der Waals surface area contributed by atoms with Gasteiger partial charge in [0.15, 0.2) is 5.96 Å². The van der Waals surface area contributed by atoms with Crippen molar-refractivity contribution in [3.05, 3.63) is 35.1 Å². The topological polar surface area (TPSA) is 39.7 Å². The maximum Gasteiger partial charge on any atom is 0.191 e. The predicted octanol–water partition coefficient (Wildman–Crippen LogP) is 2.18. The fraction of sp³-hybridized carbons (Fsp3) is 0.611. The molecule has 0 amide bonds. The first-order chi connectivity index (χ1) is 11.0. The molecule has 5 heteroatoms. The van der Waals surface area contributed by atoms with E-state index in [-0.39, 0.29) is 5.82 Å². The zero-order valence-corrected chi connectivity index (χ0v) is 14.7. The Morgan fingerprint density at radius 3 is 2.65 bits per heavy atom. The number of aryl methyl sites for hydroxylation is 1. The van der Waals surface area contributed by atoms with Gasteiger partial charge in [0.1, 0.15) is 5.82 Å². The molecule has 4 nitrogen and oxygen atoms in total. The molecule has 1 unspecified atom stereocenters. The molecule has 128 valence electrons. The van der Waals surface area contributed by atoms with E-state index in [0.29, 0.717) is 6.04 Å². The Hall–Kier alpha value is -1.62. The van der Waals surface area contributed by atoms with Crippen molar-refractivity contribution in [2.24, 2.45) is 10.9 Å². The van der Waals surface area contributed by atoms with E-state index >= 15 is 0 Å². The zero-order chi connectivity index (χ0) is 16.8. The minimum atomic E-state index is -0.175. The number of halogens is 1. The molecule has 2 rings (SSSR count). The van der Waals surface area contributed by atoms with Gasteiger partial charge in [0.05, 0.1) is 0 Å². The molecule has 1 saturated carbocycles. The van der Waals surface area contributed by atoms with Crippen molar-refractivity contribution in [3.8, 4) is 0 Å². The van der Waals surface area contributed by atoms with Gasteiger partial charge in [0.2, 0.25) is 0 Å². The van der Waals surface area contributed by atoms with Crippen LogP contribution in [0.1, 0.15) is 24.0 Å². The maximum absolute atomic E-state index is 13.1. The molecule has 2 N–H and O–H groups in total. The van der Waals surface area contributed by atoms with Crippen LogP contribution in [0.5, 0.6) is 0 Å². The summed E-state index contributed by atoms with van der Waals surface area (Å²) in [5.41, 5.74) is 2.16. The van der Waals surface area contributed by atoms with E-state index in [1.807, 2.05) is 13.0 Å². The van der Waals surface area contributed by atoms with Gasteiger partial charge in [-0.25, -0.2) is 4.39 Å². The van der Waals surface area contributed by atoms with Gasteiger partial charge in [-0.2, -0.15) is 0 Å². The molecule has 0 spiro atoms. The number of nitrogens with zero attached hydrogens (tertiary/aromatic N) is 2. The average molecular weight is 320 g/mol. The first-order valence-electron chi connectivity index (χ1n) is 8.37. The average Bonchev–Trinajstić information content (AvgIpc) is 3.32. The van der Waals surface area contributed by atoms with Gasteiger partial charge in [-0.05, 0) is 69.5 Å². The van der Waals surface area contributed by atoms with Gasteiger partial charge in [0.25, 0.3) is 0 Å². The number of nitrogens with one attached hydrogen (secondary N) is 2. The monoisotopic (exact) mass is 320 g/mol. The lowest BCUT2D eigenvalue weighted by Crippen LogP contribution is -2.46. The first-order valence-corrected chi connectivity index (χ1v) is 8.37. The summed E-state index contributed by atoms with van der Waals surface area (Å²) in [6.45, 7) is 3.64. The van der Waals surface area contributed by atoms with Gasteiger partial charge in [-0.15, -0.1) is 0 Å². The van der Waals surface area contributed by atoms with Gasteiger partial charge < -0.3 is 15.5 Å². The smallest absolute Gasteiger partial charge is 0.191 e. The minimum Gasteiger partial charge on any atom is -0.356 e. The van der Waals surface area contributed by atoms with Crippen molar-refractivity contribution in [2.75, 3.05) is 34.2 Å². The molecular formula is C18H29FN4. The molecule has 1 aliphatic carbocycles. The zero-order valence-electron chi connectivity index (χ0n) is 14.7. The fourth-order valence-electron chi connectivity index (χ4n) is 2.93. The Kier molecular flexibility index (Phi) is 6.39. The molecule has 1 aromatic carbocycles. The van der Waals surface area contributed by atoms with Crippen LogP contribution in [0.25, 0.3) is 0 Å². The van der Waals surface area contributed by atoms with Crippen molar-refractivity contribution in [3.63, 3.8) is 0 Å². The van der Waals surface area contributed by atoms with Crippen LogP contribution in [0.3, 0.4) is 0 Å². The van der Waals surface area contributed by atoms with Crippen LogP contribution in [0, 0.1) is 18.7 Å². The van der Waals surface area contributed by atoms with Gasteiger partial charge >= 0.3 is 0 Å². The lowest BCUT2D eigenvalue weighted by molar-refractivity contribution is 0.264. The fourth-order valence-corrected chi connectivity index (χ4v) is 2.93. The van der Waals surface area contributed by atoms with Crippen molar-refractivity contribution in [2.45, 2.75) is 32.2 Å². The minimum absolute atomic E-state index is 0.175. The Labute approximate surface area is 139 Å². The molecule has 0 heterocycles. The van der Waals surface area contributed by atoms with E-state index in [4.69, 9.17) is 0 Å². The lowest BCUT2D eigenvalue weighted by Gasteiger charge is -2.25. The molecule has 1 fully saturated rings. The van der Waals surface area contributed by atoms with E-state index in [9.17, 15) is 4.39 Å². The normalized spacial score (nSPS) is 16.5. The molecule has 1 aromatic rings. The third kappa shape index (κ3) is 5.50. The molecule has 0 saturated heterocycles. The number of guanidine groups is 1. The summed E-state index contributed by atoms with van der Waals surface area (Å²) in [5, 5.41) is 6.76. The van der Waals surface area contributed by atoms with Gasteiger partial charge in [0, 0.05) is 26.2 Å². The van der Waals surface area contributed by atoms with Crippen LogP contribution in [-0.4, -0.2) is 51.1 Å². The third-order valence-electron chi connectivity index (χ3n) is 4.52. The lowest BCUT2D eigenvalue weighted by atomic mass is 10.1. The summed E-state index contributed by atoms with van der Waals surface area (Å²) < 4.78 is 13.1. The number of rotatable bonds is 7. The first kappa shape index (κ1) is 17.7. The number of likely N-dealkylation sites (N-methyl/N-ethyl adjacent to an activating group) is 1. The Morgan fingerprint density at radius 1 is 1.35 bits per heavy atom. The summed E-state index contributed by atoms with van der Waals surface area (Å²) in [5.74, 6) is 1.47. The second-order valence-corrected chi connectivity index (χ2v) is 6.57. The molecule has 0 bridgehead atoms. The van der Waals surface area contributed by atoms with Crippen LogP contribution in [0.15, 0.2) is 23.2 Å². The van der Waals surface area contributed by atoms with Crippen LogP contribution >= 0.6 is 0 Å². The number of hydrogen-bond donors (Lipinski definition) is 2. The predicted molar refractivity (Wildman–Crippen MR) is 94.4 cm³/mol. The van der Waals surface area contributed by atoms with E-state index in [1.165, 1.54) is 24.5 Å². The van der Waals surface area contributed by atoms with Crippen molar-refractivity contribution >= 4 is 5.96 Å². The van der Waals surface area contributed by atoms with Crippen molar-refractivity contribution < 1.29 is 4.39 Å². The Bertz CT molecular complexity index is 536. The van der Waals surface area contributed by atoms with Gasteiger partial charge in [-0.3, -0.25) is 4.99 Å². The van der Waals surface area contributed by atoms with E-state index in [0.717, 1.165) is 37.0 Å². The maximum atomic E-state index is 13.1. The largest absolute Gasteiger partial charge is 0.356 e. The van der Waals surface area contributed by atoms with Crippen LogP contribution < -0.4 is 10.6 Å². The molecule has 23 heavy (non-hydrogen) atoms. The van der Waals surface area contributed by atoms with E-state index in [1.54, 1.807) is 13.1 Å². The van der Waals surface area contributed by atoms with E-state index < -0.39 is 0 Å². The SMILES string of the molecule is CN=C(NCCc1ccc(F)cc1C)NCC(C1CC1)N(C)C. The summed E-state index contributed by atoms with van der Waals surface area (Å²) in [4.78, 5) is 6.57. The quantitative estimate of drug-likeness (QED) is 0.597. The molecule has 0 aromatic heterocycles. The summed E-state index contributed by atoms with van der Waals surface area (Å²) in [6, 6.07) is 5.53. The third-order valence-corrected chi connectivity index (χ3v) is 4.52. The van der Waals surface area contributed by atoms with Crippen molar-refractivity contribution in [1.82, 2.24) is 15.5 Å². The standard InChI is InChI=1S/C18H29FN4/c1-13-11-16(19)8-7-14(13)9-10-21-18(20-2)22-12-17(23(3)4)15-5-6-15/h7-8,11,15,17H,5-6,9-10,12H2,1-4H3,(H2,20,21,22). The summed E-state index contributed by atoms with van der Waals surface area (Å²) >= 11 is 0. The highest BCUT2D eigenvalue weighted by Crippen LogP contribution is 2.34. The highest BCUT2D eigenvalue weighted by molar-refractivity contribution is 5.79. The Morgan fingerprint density at radius 2 is 2.09 bits per heavy atom. The highest BCUT2D eigenvalue weighted by Gasteiger charge is 2.32. The summed E-state index contributed by atoms with van der Waals surface area (Å²) in [6.07, 6.45) is 3.52. The molecule has 0 radical (unpaired) electrons. The van der Waals surface area contributed by atoms with Gasteiger partial charge in [-0.1, -0.05) is 6.07 Å². The highest BCUT2D eigenvalue weighted by atomic mass is 19.1. The van der Waals surface area contributed by atoms with Crippen LogP contribution in [-0.2, 0) is 6.42 Å². The van der Waals surface area contributed by atoms with Crippen LogP contribution in [0.4, 0.5) is 4.39 Å². The van der Waals surface area contributed by atoms with Crippen molar-refractivity contribution in [1.29, 1.82) is 0 Å². The second-order valence-electron chi connectivity index (χ2n) is 6.57. The number of hydrogen-bond acceptors (Lipinski definition) is 2. The molecule has 1 atom stereocenters. The summed E-state index contributed by atoms with van der Waals surface area (Å²) in [7, 11) is 6.07. The van der Waals surface area contributed by atoms with E-state index in [2.05, 4.69) is 34.6 Å². The number of aliphatic imine (C=N–C) groups is 1. The number of benzene rings is 1. The Balaban J connectivity index is 1.76. The van der Waals surface area contributed by atoms with Crippen LogP contribution in [0.2, 0.25) is 0 Å².